The van der Waals surface area contributed by atoms with Crippen LogP contribution < -0.4 is 0 Å². The summed E-state index contributed by atoms with van der Waals surface area (Å²) in [6.45, 7) is 5.27. The molecule has 2 heterocycles. The van der Waals surface area contributed by atoms with E-state index in [1.54, 1.807) is 18.4 Å². The van der Waals surface area contributed by atoms with E-state index in [1.807, 2.05) is 0 Å². The highest BCUT2D eigenvalue weighted by molar-refractivity contribution is 8.07. The number of ether oxygens (including phenoxy) is 1. The van der Waals surface area contributed by atoms with Crippen LogP contribution in [0, 0.1) is 0 Å². The van der Waals surface area contributed by atoms with Gasteiger partial charge in [-0.2, -0.15) is 11.8 Å². The lowest BCUT2D eigenvalue weighted by Crippen LogP contribution is -2.21. The number of hydrogen-bond donors (Lipinski definition) is 0. The highest BCUT2D eigenvalue weighted by atomic mass is 32.2. The molecule has 3 unspecified atom stereocenters. The molecule has 0 N–H and O–H groups in total. The Balaban J connectivity index is 2.01. The van der Waals surface area contributed by atoms with E-state index in [0.717, 1.165) is 16.2 Å². The number of rotatable bonds is 3. The summed E-state index contributed by atoms with van der Waals surface area (Å²) >= 11 is 5.91. The van der Waals surface area contributed by atoms with Crippen molar-refractivity contribution in [1.29, 1.82) is 0 Å². The molecule has 0 aromatic carbocycles. The van der Waals surface area contributed by atoms with Crippen LogP contribution in [0.5, 0.6) is 0 Å². The molecule has 1 saturated heterocycles. The van der Waals surface area contributed by atoms with E-state index in [2.05, 4.69) is 47.7 Å². The van der Waals surface area contributed by atoms with Crippen LogP contribution >= 0.6 is 34.9 Å². The normalized spacial score (nSPS) is 30.6. The van der Waals surface area contributed by atoms with Crippen LogP contribution in [-0.4, -0.2) is 28.3 Å². The minimum Gasteiger partial charge on any atom is -0.378 e. The summed E-state index contributed by atoms with van der Waals surface area (Å²) in [7, 11) is 1.72. The third-order valence-electron chi connectivity index (χ3n) is 2.69. The van der Waals surface area contributed by atoms with Crippen LogP contribution in [0.3, 0.4) is 0 Å². The van der Waals surface area contributed by atoms with Gasteiger partial charge in [-0.1, -0.05) is 13.8 Å². The number of hydrogen-bond acceptors (Lipinski definition) is 5. The Bertz CT molecular complexity index is 342. The van der Waals surface area contributed by atoms with E-state index in [0.29, 0.717) is 11.9 Å². The average molecular weight is 275 g/mol. The van der Waals surface area contributed by atoms with Gasteiger partial charge in [0.25, 0.3) is 0 Å². The maximum atomic E-state index is 5.10. The Morgan fingerprint density at radius 2 is 2.25 bits per heavy atom. The smallest absolute Gasteiger partial charge is 0.107 e. The van der Waals surface area contributed by atoms with E-state index in [1.165, 1.54) is 10.8 Å². The fourth-order valence-electron chi connectivity index (χ4n) is 1.60. The third kappa shape index (κ3) is 2.94. The van der Waals surface area contributed by atoms with Crippen molar-refractivity contribution in [2.24, 2.45) is 0 Å². The van der Waals surface area contributed by atoms with Gasteiger partial charge >= 0.3 is 0 Å². The maximum Gasteiger partial charge on any atom is 0.107 e. The van der Waals surface area contributed by atoms with Gasteiger partial charge in [-0.15, -0.1) is 23.1 Å². The molecule has 3 atom stereocenters. The zero-order valence-corrected chi connectivity index (χ0v) is 12.3. The topological polar surface area (TPSA) is 22.1 Å². The molecule has 1 aliphatic heterocycles. The molecule has 0 spiro atoms. The lowest BCUT2D eigenvalue weighted by Gasteiger charge is -2.30. The first kappa shape index (κ1) is 12.7. The lowest BCUT2D eigenvalue weighted by molar-refractivity contribution is 0.182. The van der Waals surface area contributed by atoms with Crippen molar-refractivity contribution in [1.82, 2.24) is 4.98 Å². The molecular formula is C11H17NOS3. The van der Waals surface area contributed by atoms with E-state index in [9.17, 15) is 0 Å². The molecule has 5 heteroatoms. The molecule has 1 aromatic heterocycles. The number of aromatic nitrogens is 1. The first-order valence-electron chi connectivity index (χ1n) is 5.41. The van der Waals surface area contributed by atoms with Gasteiger partial charge in [0.15, 0.2) is 0 Å². The van der Waals surface area contributed by atoms with Crippen molar-refractivity contribution < 1.29 is 4.74 Å². The van der Waals surface area contributed by atoms with Gasteiger partial charge in [-0.05, 0) is 0 Å². The summed E-state index contributed by atoms with van der Waals surface area (Å²) in [5, 5.41) is 5.44. The van der Waals surface area contributed by atoms with Gasteiger partial charge in [0.05, 0.1) is 17.6 Å². The van der Waals surface area contributed by atoms with Crippen LogP contribution in [0.1, 0.15) is 29.8 Å². The van der Waals surface area contributed by atoms with Crippen molar-refractivity contribution in [2.45, 2.75) is 36.2 Å². The fourth-order valence-corrected chi connectivity index (χ4v) is 5.61. The first-order valence-corrected chi connectivity index (χ1v) is 8.28. The molecule has 1 aromatic rings. The number of thiazole rings is 1. The van der Waals surface area contributed by atoms with Gasteiger partial charge in [0.2, 0.25) is 0 Å². The quantitative estimate of drug-likeness (QED) is 0.840. The molecule has 1 aliphatic rings. The van der Waals surface area contributed by atoms with Gasteiger partial charge in [0.1, 0.15) is 5.01 Å². The Morgan fingerprint density at radius 1 is 1.44 bits per heavy atom. The van der Waals surface area contributed by atoms with E-state index >= 15 is 0 Å². The van der Waals surface area contributed by atoms with Crippen molar-refractivity contribution in [2.75, 3.05) is 12.9 Å². The Hall–Kier alpha value is 0.290. The Kier molecular flexibility index (Phi) is 4.58. The average Bonchev–Trinajstić information content (AvgIpc) is 2.71. The van der Waals surface area contributed by atoms with Gasteiger partial charge < -0.3 is 4.74 Å². The molecule has 16 heavy (non-hydrogen) atoms. The summed E-state index contributed by atoms with van der Waals surface area (Å²) in [5.74, 6) is 1.19. The zero-order valence-electron chi connectivity index (χ0n) is 9.80. The molecule has 1 fully saturated rings. The summed E-state index contributed by atoms with van der Waals surface area (Å²) in [4.78, 5) is 4.64. The monoisotopic (exact) mass is 275 g/mol. The lowest BCUT2D eigenvalue weighted by atomic mass is 10.4. The number of methoxy groups -OCH3 is 1. The summed E-state index contributed by atoms with van der Waals surface area (Å²) < 4.78 is 5.10. The number of thioether (sulfide) groups is 2. The largest absolute Gasteiger partial charge is 0.378 e. The van der Waals surface area contributed by atoms with Crippen molar-refractivity contribution in [3.8, 4) is 0 Å². The van der Waals surface area contributed by atoms with Crippen molar-refractivity contribution >= 4 is 34.9 Å². The van der Waals surface area contributed by atoms with Crippen LogP contribution in [0.25, 0.3) is 0 Å². The summed E-state index contributed by atoms with van der Waals surface area (Å²) in [6.07, 6.45) is 0. The highest BCUT2D eigenvalue weighted by Crippen LogP contribution is 2.44. The second-order valence-electron chi connectivity index (χ2n) is 3.98. The summed E-state index contributed by atoms with van der Waals surface area (Å²) in [6, 6.07) is 0. The second-order valence-corrected chi connectivity index (χ2v) is 7.86. The molecular weight excluding hydrogens is 258 g/mol. The van der Waals surface area contributed by atoms with Crippen LogP contribution in [0.4, 0.5) is 0 Å². The molecule has 0 aliphatic carbocycles. The standard InChI is InChI=1S/C11H17NOS3/c1-7-8(2)16-10(6-14-7)11-12-9(4-13-3)5-15-11/h5,7-8,10H,4,6H2,1-3H3. The predicted octanol–water partition coefficient (Wildman–Crippen LogP) is 3.59. The van der Waals surface area contributed by atoms with E-state index in [4.69, 9.17) is 4.74 Å². The van der Waals surface area contributed by atoms with E-state index < -0.39 is 0 Å². The summed E-state index contributed by atoms with van der Waals surface area (Å²) in [5.41, 5.74) is 1.07. The van der Waals surface area contributed by atoms with Crippen LogP contribution in [0.15, 0.2) is 5.38 Å². The van der Waals surface area contributed by atoms with Crippen molar-refractivity contribution in [3.63, 3.8) is 0 Å². The van der Waals surface area contributed by atoms with Crippen molar-refractivity contribution in [3.05, 3.63) is 16.1 Å². The fraction of sp³-hybridized carbons (Fsp3) is 0.727. The molecule has 2 rings (SSSR count). The number of nitrogens with zero attached hydrogens (tertiary/aromatic N) is 1. The van der Waals surface area contributed by atoms with Gasteiger partial charge in [0, 0.05) is 28.7 Å². The third-order valence-corrected chi connectivity index (χ3v) is 7.24. The minimum atomic E-state index is 0.576. The first-order chi connectivity index (χ1) is 7.70. The Morgan fingerprint density at radius 3 is 2.94 bits per heavy atom. The predicted molar refractivity (Wildman–Crippen MR) is 74.5 cm³/mol. The molecule has 0 bridgehead atoms. The minimum absolute atomic E-state index is 0.576. The molecule has 0 amide bonds. The molecule has 0 saturated carbocycles. The zero-order chi connectivity index (χ0) is 11.5. The van der Waals surface area contributed by atoms with Crippen LogP contribution in [0.2, 0.25) is 0 Å². The second kappa shape index (κ2) is 5.76. The molecule has 0 radical (unpaired) electrons. The van der Waals surface area contributed by atoms with Gasteiger partial charge in [-0.25, -0.2) is 4.98 Å². The molecule has 2 nitrogen and oxygen atoms in total. The SMILES string of the molecule is COCc1csc(C2CSC(C)C(C)S2)n1. The van der Waals surface area contributed by atoms with Crippen LogP contribution in [-0.2, 0) is 11.3 Å². The maximum absolute atomic E-state index is 5.10. The Labute approximate surface area is 110 Å². The molecule has 90 valence electrons. The van der Waals surface area contributed by atoms with E-state index in [-0.39, 0.29) is 0 Å². The highest BCUT2D eigenvalue weighted by Gasteiger charge is 2.28. The van der Waals surface area contributed by atoms with Gasteiger partial charge in [-0.3, -0.25) is 0 Å².